The quantitative estimate of drug-likeness (QED) is 0.806. The number of benzene rings is 1. The van der Waals surface area contributed by atoms with Crippen LogP contribution in [0.3, 0.4) is 0 Å². The highest BCUT2D eigenvalue weighted by atomic mass is 79.9. The van der Waals surface area contributed by atoms with Gasteiger partial charge in [-0.3, -0.25) is 0 Å². The van der Waals surface area contributed by atoms with E-state index >= 15 is 0 Å². The van der Waals surface area contributed by atoms with E-state index in [0.29, 0.717) is 6.42 Å². The molecule has 2 aromatic rings. The molecule has 0 aliphatic rings. The summed E-state index contributed by atoms with van der Waals surface area (Å²) >= 11 is 9.75. The molecule has 0 saturated carbocycles. The molecule has 2 nitrogen and oxygen atoms in total. The van der Waals surface area contributed by atoms with Crippen LogP contribution in [0.1, 0.15) is 16.6 Å². The molecule has 0 bridgehead atoms. The Labute approximate surface area is 108 Å². The average Bonchev–Trinajstić information content (AvgIpc) is 2.33. The minimum atomic E-state index is -0.0626. The molecule has 0 amide bonds. The van der Waals surface area contributed by atoms with Gasteiger partial charge in [0.05, 0.1) is 15.5 Å². The number of halogens is 2. The van der Waals surface area contributed by atoms with Crippen LogP contribution >= 0.6 is 27.5 Å². The van der Waals surface area contributed by atoms with Gasteiger partial charge in [0.25, 0.3) is 0 Å². The molecule has 0 fully saturated rings. The van der Waals surface area contributed by atoms with E-state index in [0.717, 1.165) is 15.7 Å². The van der Waals surface area contributed by atoms with Gasteiger partial charge in [0, 0.05) is 12.6 Å². The second-order valence-corrected chi connectivity index (χ2v) is 4.78. The zero-order valence-corrected chi connectivity index (χ0v) is 10.8. The van der Waals surface area contributed by atoms with E-state index < -0.39 is 0 Å². The summed E-state index contributed by atoms with van der Waals surface area (Å²) in [7, 11) is 0. The van der Waals surface area contributed by atoms with Crippen molar-refractivity contribution in [3.8, 4) is 0 Å². The average molecular weight is 298 g/mol. The van der Waals surface area contributed by atoms with Gasteiger partial charge in [0.15, 0.2) is 0 Å². The smallest absolute Gasteiger partial charge is 0.115 e. The Balaban J connectivity index is 2.14. The fraction of sp³-hybridized carbons (Fsp3) is 0.167. The zero-order chi connectivity index (χ0) is 11.4. The Morgan fingerprint density at radius 2 is 2.00 bits per heavy atom. The summed E-state index contributed by atoms with van der Waals surface area (Å²) in [5, 5.41) is -0.0626. The highest BCUT2D eigenvalue weighted by Crippen LogP contribution is 2.26. The number of alkyl halides is 1. The monoisotopic (exact) mass is 296 g/mol. The third kappa shape index (κ3) is 2.80. The maximum absolute atomic E-state index is 6.33. The van der Waals surface area contributed by atoms with Crippen molar-refractivity contribution in [3.63, 3.8) is 0 Å². The fourth-order valence-electron chi connectivity index (χ4n) is 1.44. The predicted molar refractivity (Wildman–Crippen MR) is 68.5 cm³/mol. The van der Waals surface area contributed by atoms with Gasteiger partial charge >= 0.3 is 0 Å². The Bertz CT molecular complexity index is 462. The maximum Gasteiger partial charge on any atom is 0.115 e. The van der Waals surface area contributed by atoms with Gasteiger partial charge in [-0.25, -0.2) is 9.97 Å². The fourth-order valence-corrected chi connectivity index (χ4v) is 2.11. The minimum absolute atomic E-state index is 0.0626. The van der Waals surface area contributed by atoms with E-state index in [-0.39, 0.29) is 5.38 Å². The maximum atomic E-state index is 6.33. The topological polar surface area (TPSA) is 25.8 Å². The highest BCUT2D eigenvalue weighted by molar-refractivity contribution is 9.10. The molecule has 2 rings (SSSR count). The predicted octanol–water partition coefficient (Wildman–Crippen LogP) is 3.76. The van der Waals surface area contributed by atoms with Crippen molar-refractivity contribution >= 4 is 27.5 Å². The van der Waals surface area contributed by atoms with Crippen molar-refractivity contribution in [1.82, 2.24) is 9.97 Å². The molecule has 0 saturated heterocycles. The summed E-state index contributed by atoms with van der Waals surface area (Å²) in [6, 6.07) is 9.99. The summed E-state index contributed by atoms with van der Waals surface area (Å²) in [6.07, 6.45) is 3.96. The molecule has 0 spiro atoms. The number of aromatic nitrogens is 2. The number of rotatable bonds is 3. The first kappa shape index (κ1) is 11.6. The van der Waals surface area contributed by atoms with Crippen LogP contribution in [0.5, 0.6) is 0 Å². The van der Waals surface area contributed by atoms with E-state index in [4.69, 9.17) is 11.6 Å². The van der Waals surface area contributed by atoms with Crippen LogP contribution in [0.2, 0.25) is 0 Å². The van der Waals surface area contributed by atoms with Crippen LogP contribution in [0.4, 0.5) is 0 Å². The van der Waals surface area contributed by atoms with Gasteiger partial charge in [0.2, 0.25) is 0 Å². The molecule has 1 atom stereocenters. The largest absolute Gasteiger partial charge is 0.244 e. The van der Waals surface area contributed by atoms with Crippen LogP contribution in [-0.2, 0) is 6.42 Å². The molecule has 1 aromatic heterocycles. The third-order valence-corrected chi connectivity index (χ3v) is 3.35. The first-order valence-corrected chi connectivity index (χ1v) is 6.13. The molecule has 1 heterocycles. The van der Waals surface area contributed by atoms with Crippen molar-refractivity contribution in [3.05, 3.63) is 58.6 Å². The molecular formula is C12H10BrClN2. The van der Waals surface area contributed by atoms with Crippen LogP contribution in [-0.4, -0.2) is 9.97 Å². The van der Waals surface area contributed by atoms with E-state index in [2.05, 4.69) is 25.9 Å². The minimum Gasteiger partial charge on any atom is -0.244 e. The standard InChI is InChI=1S/C12H10BrClN2/c13-10-7-15-8-16-12(10)6-11(14)9-4-2-1-3-5-9/h1-5,7-8,11H,6H2. The van der Waals surface area contributed by atoms with E-state index in [9.17, 15) is 0 Å². The first-order chi connectivity index (χ1) is 7.77. The van der Waals surface area contributed by atoms with Crippen LogP contribution in [0, 0.1) is 0 Å². The molecule has 82 valence electrons. The molecule has 1 aromatic carbocycles. The number of hydrogen-bond donors (Lipinski definition) is 0. The molecule has 16 heavy (non-hydrogen) atoms. The number of nitrogens with zero attached hydrogens (tertiary/aromatic N) is 2. The van der Waals surface area contributed by atoms with Crippen molar-refractivity contribution in [1.29, 1.82) is 0 Å². The Kier molecular flexibility index (Phi) is 3.91. The van der Waals surface area contributed by atoms with E-state index in [1.54, 1.807) is 6.20 Å². The summed E-state index contributed by atoms with van der Waals surface area (Å²) in [5.41, 5.74) is 2.04. The van der Waals surface area contributed by atoms with Crippen molar-refractivity contribution in [2.45, 2.75) is 11.8 Å². The molecule has 4 heteroatoms. The van der Waals surface area contributed by atoms with Crippen LogP contribution in [0.25, 0.3) is 0 Å². The van der Waals surface area contributed by atoms with Crippen LogP contribution < -0.4 is 0 Å². The third-order valence-electron chi connectivity index (χ3n) is 2.28. The highest BCUT2D eigenvalue weighted by Gasteiger charge is 2.11. The lowest BCUT2D eigenvalue weighted by Gasteiger charge is -2.09. The van der Waals surface area contributed by atoms with Crippen LogP contribution in [0.15, 0.2) is 47.3 Å². The summed E-state index contributed by atoms with van der Waals surface area (Å²) in [6.45, 7) is 0. The first-order valence-electron chi connectivity index (χ1n) is 4.91. The summed E-state index contributed by atoms with van der Waals surface area (Å²) in [5.74, 6) is 0. The normalized spacial score (nSPS) is 12.4. The molecule has 0 aliphatic carbocycles. The lowest BCUT2D eigenvalue weighted by Crippen LogP contribution is -1.99. The van der Waals surface area contributed by atoms with E-state index in [1.165, 1.54) is 6.33 Å². The second kappa shape index (κ2) is 5.41. The summed E-state index contributed by atoms with van der Waals surface area (Å²) < 4.78 is 0.900. The van der Waals surface area contributed by atoms with E-state index in [1.807, 2.05) is 30.3 Å². The van der Waals surface area contributed by atoms with Gasteiger partial charge in [-0.2, -0.15) is 0 Å². The van der Waals surface area contributed by atoms with Gasteiger partial charge in [-0.1, -0.05) is 30.3 Å². The molecular weight excluding hydrogens is 288 g/mol. The van der Waals surface area contributed by atoms with Gasteiger partial charge in [0.1, 0.15) is 6.33 Å². The Hall–Kier alpha value is -0.930. The van der Waals surface area contributed by atoms with Gasteiger partial charge in [-0.05, 0) is 21.5 Å². The molecule has 1 unspecified atom stereocenters. The number of hydrogen-bond acceptors (Lipinski definition) is 2. The summed E-state index contributed by atoms with van der Waals surface area (Å²) in [4.78, 5) is 8.13. The van der Waals surface area contributed by atoms with Crippen molar-refractivity contribution in [2.24, 2.45) is 0 Å². The SMILES string of the molecule is ClC(Cc1ncncc1Br)c1ccccc1. The lowest BCUT2D eigenvalue weighted by molar-refractivity contribution is 0.863. The molecule has 0 aliphatic heterocycles. The van der Waals surface area contributed by atoms with Gasteiger partial charge < -0.3 is 0 Å². The van der Waals surface area contributed by atoms with Crippen molar-refractivity contribution in [2.75, 3.05) is 0 Å². The van der Waals surface area contributed by atoms with Gasteiger partial charge in [-0.15, -0.1) is 11.6 Å². The Morgan fingerprint density at radius 1 is 1.25 bits per heavy atom. The zero-order valence-electron chi connectivity index (χ0n) is 8.48. The second-order valence-electron chi connectivity index (χ2n) is 3.40. The van der Waals surface area contributed by atoms with Crippen molar-refractivity contribution < 1.29 is 0 Å². The lowest BCUT2D eigenvalue weighted by atomic mass is 10.1. The molecule has 0 N–H and O–H groups in total. The molecule has 0 radical (unpaired) electrons. The Morgan fingerprint density at radius 3 is 2.69 bits per heavy atom.